The molecule has 0 amide bonds. The summed E-state index contributed by atoms with van der Waals surface area (Å²) in [4.78, 5) is 0. The summed E-state index contributed by atoms with van der Waals surface area (Å²) in [5, 5.41) is 9.07. The molecule has 0 fully saturated rings. The van der Waals surface area contributed by atoms with E-state index < -0.39 is 0 Å². The van der Waals surface area contributed by atoms with Crippen molar-refractivity contribution in [3.8, 4) is 56.0 Å². The van der Waals surface area contributed by atoms with Crippen molar-refractivity contribution in [2.45, 2.75) is 0 Å². The third kappa shape index (κ3) is 4.81. The zero-order valence-corrected chi connectivity index (χ0v) is 29.3. The van der Waals surface area contributed by atoms with Crippen molar-refractivity contribution in [2.24, 2.45) is 0 Å². The first-order valence-electron chi connectivity index (χ1n) is 18.4. The average Bonchev–Trinajstić information content (AvgIpc) is 3.84. The molecule has 0 aliphatic carbocycles. The van der Waals surface area contributed by atoms with Gasteiger partial charge in [0.05, 0.1) is 0 Å². The third-order valence-corrected chi connectivity index (χ3v) is 10.9. The summed E-state index contributed by atoms with van der Waals surface area (Å²) in [5.41, 5.74) is 10.6. The summed E-state index contributed by atoms with van der Waals surface area (Å²) in [6.07, 6.45) is 0. The summed E-state index contributed by atoms with van der Waals surface area (Å²) in [6, 6.07) is 68.9. The Labute approximate surface area is 312 Å². The lowest BCUT2D eigenvalue weighted by Crippen LogP contribution is -1.84. The zero-order chi connectivity index (χ0) is 35.6. The van der Waals surface area contributed by atoms with E-state index in [0.29, 0.717) is 0 Å². The number of furan rings is 2. The molecule has 252 valence electrons. The molecule has 0 unspecified atom stereocenters. The van der Waals surface area contributed by atoms with Gasteiger partial charge in [0, 0.05) is 43.8 Å². The fourth-order valence-electron chi connectivity index (χ4n) is 8.31. The second-order valence-corrected chi connectivity index (χ2v) is 14.0. The monoisotopic (exact) mass is 688 g/mol. The van der Waals surface area contributed by atoms with Crippen LogP contribution in [0.2, 0.25) is 0 Å². The minimum Gasteiger partial charge on any atom is -0.455 e. The van der Waals surface area contributed by atoms with E-state index in [-0.39, 0.29) is 0 Å². The normalized spacial score (nSPS) is 11.7. The lowest BCUT2D eigenvalue weighted by Gasteiger charge is -2.08. The number of hydrogen-bond donors (Lipinski definition) is 0. The third-order valence-electron chi connectivity index (χ3n) is 10.9. The van der Waals surface area contributed by atoms with Crippen LogP contribution in [0.15, 0.2) is 203 Å². The van der Waals surface area contributed by atoms with Crippen molar-refractivity contribution >= 4 is 54.3 Å². The van der Waals surface area contributed by atoms with E-state index in [1.54, 1.807) is 0 Å². The molecule has 2 heterocycles. The minimum absolute atomic E-state index is 0.853. The van der Waals surface area contributed by atoms with Crippen LogP contribution in [0.5, 0.6) is 0 Å². The minimum atomic E-state index is 0.853. The Morgan fingerprint density at radius 3 is 1.39 bits per heavy atom. The standard InChI is InChI=1S/C52H32O2/c1-3-14-36(15-4-1)47-45-30-28-44-43(51(45)53-49(47)38-25-23-35(24-26-38)42-21-11-19-34-13-9-10-20-41(34)42)29-31-46-48(37-16-5-2-6-17-37)50(54-52(44)46)40-27-22-33-12-7-8-18-39(33)32-40/h1-32H. The molecule has 9 aromatic carbocycles. The lowest BCUT2D eigenvalue weighted by atomic mass is 9.94. The van der Waals surface area contributed by atoms with Crippen molar-refractivity contribution in [1.82, 2.24) is 0 Å². The summed E-state index contributed by atoms with van der Waals surface area (Å²) >= 11 is 0. The molecule has 0 saturated carbocycles. The number of rotatable bonds is 5. The zero-order valence-electron chi connectivity index (χ0n) is 29.3. The van der Waals surface area contributed by atoms with Gasteiger partial charge in [-0.15, -0.1) is 0 Å². The Morgan fingerprint density at radius 2 is 0.741 bits per heavy atom. The molecule has 0 aliphatic heterocycles. The quantitative estimate of drug-likeness (QED) is 0.180. The van der Waals surface area contributed by atoms with Crippen LogP contribution >= 0.6 is 0 Å². The summed E-state index contributed by atoms with van der Waals surface area (Å²) in [7, 11) is 0. The molecule has 2 nitrogen and oxygen atoms in total. The fraction of sp³-hybridized carbons (Fsp3) is 0. The molecule has 11 aromatic rings. The second kappa shape index (κ2) is 12.2. The van der Waals surface area contributed by atoms with E-state index in [1.807, 2.05) is 0 Å². The Balaban J connectivity index is 1.12. The van der Waals surface area contributed by atoms with E-state index in [9.17, 15) is 0 Å². The predicted molar refractivity (Wildman–Crippen MR) is 226 cm³/mol. The van der Waals surface area contributed by atoms with Crippen LogP contribution in [0, 0.1) is 0 Å². The van der Waals surface area contributed by atoms with Gasteiger partial charge in [0.2, 0.25) is 0 Å². The molecule has 0 atom stereocenters. The maximum Gasteiger partial charge on any atom is 0.143 e. The molecule has 0 N–H and O–H groups in total. The highest BCUT2D eigenvalue weighted by Gasteiger charge is 2.24. The Morgan fingerprint density at radius 1 is 0.259 bits per heavy atom. The summed E-state index contributed by atoms with van der Waals surface area (Å²) < 4.78 is 14.0. The maximum absolute atomic E-state index is 7.03. The van der Waals surface area contributed by atoms with E-state index in [2.05, 4.69) is 194 Å². The first-order chi connectivity index (χ1) is 26.8. The van der Waals surface area contributed by atoms with Crippen LogP contribution < -0.4 is 0 Å². The van der Waals surface area contributed by atoms with Crippen molar-refractivity contribution < 1.29 is 8.83 Å². The van der Waals surface area contributed by atoms with E-state index in [1.165, 1.54) is 32.7 Å². The molecule has 54 heavy (non-hydrogen) atoms. The topological polar surface area (TPSA) is 26.3 Å². The van der Waals surface area contributed by atoms with Crippen LogP contribution in [0.25, 0.3) is 110 Å². The molecule has 0 spiro atoms. The first kappa shape index (κ1) is 30.5. The molecule has 2 heteroatoms. The lowest BCUT2D eigenvalue weighted by molar-refractivity contribution is 0.633. The summed E-state index contributed by atoms with van der Waals surface area (Å²) in [5.74, 6) is 1.72. The highest BCUT2D eigenvalue weighted by atomic mass is 16.3. The highest BCUT2D eigenvalue weighted by molar-refractivity contribution is 6.20. The van der Waals surface area contributed by atoms with Gasteiger partial charge in [-0.3, -0.25) is 0 Å². The highest BCUT2D eigenvalue weighted by Crippen LogP contribution is 2.48. The maximum atomic E-state index is 7.03. The second-order valence-electron chi connectivity index (χ2n) is 14.0. The van der Waals surface area contributed by atoms with Crippen LogP contribution in [0.1, 0.15) is 0 Å². The van der Waals surface area contributed by atoms with Gasteiger partial charge >= 0.3 is 0 Å². The van der Waals surface area contributed by atoms with Crippen molar-refractivity contribution in [1.29, 1.82) is 0 Å². The van der Waals surface area contributed by atoms with Gasteiger partial charge < -0.3 is 8.83 Å². The van der Waals surface area contributed by atoms with Crippen molar-refractivity contribution in [3.63, 3.8) is 0 Å². The SMILES string of the molecule is c1ccc(-c2c(-c3ccc(-c4cccc5ccccc45)cc3)oc3c2ccc2c3ccc3c(-c4ccccc4)c(-c4ccc5ccccc5c4)oc32)cc1. The van der Waals surface area contributed by atoms with Gasteiger partial charge in [-0.2, -0.15) is 0 Å². The molecule has 2 aromatic heterocycles. The van der Waals surface area contributed by atoms with Gasteiger partial charge in [0.15, 0.2) is 0 Å². The molecule has 0 radical (unpaired) electrons. The van der Waals surface area contributed by atoms with E-state index in [0.717, 1.165) is 77.6 Å². The van der Waals surface area contributed by atoms with Gasteiger partial charge in [-0.25, -0.2) is 0 Å². The van der Waals surface area contributed by atoms with Crippen molar-refractivity contribution in [2.75, 3.05) is 0 Å². The fourth-order valence-corrected chi connectivity index (χ4v) is 8.31. The average molecular weight is 689 g/mol. The molecular formula is C52H32O2. The Hall–Kier alpha value is -7.16. The van der Waals surface area contributed by atoms with Crippen LogP contribution in [0.4, 0.5) is 0 Å². The number of hydrogen-bond acceptors (Lipinski definition) is 2. The Bertz CT molecular complexity index is 3180. The van der Waals surface area contributed by atoms with Gasteiger partial charge in [0.1, 0.15) is 22.7 Å². The largest absolute Gasteiger partial charge is 0.455 e. The first-order valence-corrected chi connectivity index (χ1v) is 18.4. The Kier molecular flexibility index (Phi) is 6.90. The number of fused-ring (bicyclic) bond motifs is 7. The van der Waals surface area contributed by atoms with Crippen LogP contribution in [-0.2, 0) is 0 Å². The summed E-state index contributed by atoms with van der Waals surface area (Å²) in [6.45, 7) is 0. The van der Waals surface area contributed by atoms with Gasteiger partial charge in [0.25, 0.3) is 0 Å². The molecule has 0 saturated heterocycles. The van der Waals surface area contributed by atoms with Crippen molar-refractivity contribution in [3.05, 3.63) is 194 Å². The van der Waals surface area contributed by atoms with E-state index >= 15 is 0 Å². The molecule has 0 bridgehead atoms. The smallest absolute Gasteiger partial charge is 0.143 e. The molecular weight excluding hydrogens is 657 g/mol. The molecule has 0 aliphatic rings. The van der Waals surface area contributed by atoms with Gasteiger partial charge in [-0.05, 0) is 74.1 Å². The molecule has 11 rings (SSSR count). The van der Waals surface area contributed by atoms with Gasteiger partial charge in [-0.1, -0.05) is 164 Å². The number of benzene rings is 9. The van der Waals surface area contributed by atoms with Crippen LogP contribution in [0.3, 0.4) is 0 Å². The van der Waals surface area contributed by atoms with Crippen LogP contribution in [-0.4, -0.2) is 0 Å². The predicted octanol–water partition coefficient (Wildman–Crippen LogP) is 15.0. The van der Waals surface area contributed by atoms with E-state index in [4.69, 9.17) is 8.83 Å².